The highest BCUT2D eigenvalue weighted by Gasteiger charge is 2.15. The number of hydrogen-bond donors (Lipinski definition) is 3. The predicted octanol–water partition coefficient (Wildman–Crippen LogP) is 1.63. The second-order valence-electron chi connectivity index (χ2n) is 5.43. The number of halogens is 1. The topological polar surface area (TPSA) is 129 Å². The summed E-state index contributed by atoms with van der Waals surface area (Å²) in [4.78, 5) is 23.6. The predicted molar refractivity (Wildman–Crippen MR) is 99.9 cm³/mol. The molecule has 0 aliphatic rings. The van der Waals surface area contributed by atoms with Crippen LogP contribution in [0.3, 0.4) is 0 Å². The lowest BCUT2D eigenvalue weighted by Crippen LogP contribution is -2.20. The van der Waals surface area contributed by atoms with E-state index in [-0.39, 0.29) is 28.2 Å². The number of rotatable bonds is 6. The van der Waals surface area contributed by atoms with E-state index in [2.05, 4.69) is 15.5 Å². The quantitative estimate of drug-likeness (QED) is 0.436. The van der Waals surface area contributed by atoms with Crippen molar-refractivity contribution >= 4 is 29.3 Å². The summed E-state index contributed by atoms with van der Waals surface area (Å²) in [5, 5.41) is 10.8. The van der Waals surface area contributed by atoms with Crippen LogP contribution in [0.4, 0.5) is 10.1 Å². The van der Waals surface area contributed by atoms with Crippen LogP contribution in [0.1, 0.15) is 10.4 Å². The zero-order chi connectivity index (χ0) is 19.4. The maximum absolute atomic E-state index is 13.4. The van der Waals surface area contributed by atoms with E-state index in [1.165, 1.54) is 28.9 Å². The number of nitrogen functional groups attached to an aromatic ring is 1. The van der Waals surface area contributed by atoms with Gasteiger partial charge in [-0.15, -0.1) is 10.2 Å². The number of carbonyl (C=O) groups is 2. The van der Waals surface area contributed by atoms with Gasteiger partial charge in [0, 0.05) is 5.56 Å². The summed E-state index contributed by atoms with van der Waals surface area (Å²) in [5.74, 6) is 4.77. The fraction of sp³-hybridized carbons (Fsp3) is 0.0588. The smallest absolute Gasteiger partial charge is 0.250 e. The standard InChI is InChI=1S/C17H15FN6O2S/c18-11-5-3-4-10(8-11)16-22-23-17(24(16)20)27-9-14(25)21-13-7-2-1-6-12(13)15(19)26/h1-8H,9,20H2,(H2,19,26)(H,21,25). The van der Waals surface area contributed by atoms with Gasteiger partial charge < -0.3 is 16.9 Å². The first-order chi connectivity index (χ1) is 13.0. The van der Waals surface area contributed by atoms with Crippen molar-refractivity contribution < 1.29 is 14.0 Å². The van der Waals surface area contributed by atoms with Gasteiger partial charge in [0.15, 0.2) is 5.82 Å². The fourth-order valence-corrected chi connectivity index (χ4v) is 2.98. The highest BCUT2D eigenvalue weighted by Crippen LogP contribution is 2.22. The molecule has 0 fully saturated rings. The van der Waals surface area contributed by atoms with Crippen LogP contribution < -0.4 is 16.9 Å². The molecule has 0 spiro atoms. The summed E-state index contributed by atoms with van der Waals surface area (Å²) in [6.45, 7) is 0. The van der Waals surface area contributed by atoms with Gasteiger partial charge in [0.05, 0.1) is 17.0 Å². The van der Waals surface area contributed by atoms with Gasteiger partial charge in [0.1, 0.15) is 5.82 Å². The zero-order valence-corrected chi connectivity index (χ0v) is 14.7. The molecular weight excluding hydrogens is 371 g/mol. The minimum absolute atomic E-state index is 0.0222. The number of amides is 2. The highest BCUT2D eigenvalue weighted by atomic mass is 32.2. The monoisotopic (exact) mass is 386 g/mol. The summed E-state index contributed by atoms with van der Waals surface area (Å²) in [6.07, 6.45) is 0. The van der Waals surface area contributed by atoms with Crippen molar-refractivity contribution in [1.82, 2.24) is 14.9 Å². The molecular formula is C17H15FN6O2S. The molecule has 0 saturated carbocycles. The molecule has 3 rings (SSSR count). The molecule has 5 N–H and O–H groups in total. The van der Waals surface area contributed by atoms with Crippen molar-refractivity contribution in [2.75, 3.05) is 16.9 Å². The number of carbonyl (C=O) groups excluding carboxylic acids is 2. The van der Waals surface area contributed by atoms with Gasteiger partial charge in [-0.3, -0.25) is 9.59 Å². The Balaban J connectivity index is 1.67. The number of aromatic nitrogens is 3. The molecule has 2 amide bonds. The minimum Gasteiger partial charge on any atom is -0.366 e. The van der Waals surface area contributed by atoms with Crippen molar-refractivity contribution in [3.63, 3.8) is 0 Å². The van der Waals surface area contributed by atoms with Crippen LogP contribution in [-0.4, -0.2) is 32.4 Å². The second kappa shape index (κ2) is 7.87. The Labute approximate surface area is 157 Å². The summed E-state index contributed by atoms with van der Waals surface area (Å²) in [6, 6.07) is 12.2. The third kappa shape index (κ3) is 4.23. The Kier molecular flexibility index (Phi) is 5.36. The highest BCUT2D eigenvalue weighted by molar-refractivity contribution is 7.99. The molecule has 3 aromatic rings. The normalized spacial score (nSPS) is 10.6. The Morgan fingerprint density at radius 2 is 1.93 bits per heavy atom. The van der Waals surface area contributed by atoms with E-state index in [4.69, 9.17) is 11.6 Å². The Morgan fingerprint density at radius 1 is 1.15 bits per heavy atom. The first kappa shape index (κ1) is 18.4. The van der Waals surface area contributed by atoms with Crippen molar-refractivity contribution in [3.8, 4) is 11.4 Å². The zero-order valence-electron chi connectivity index (χ0n) is 13.9. The summed E-state index contributed by atoms with van der Waals surface area (Å²) in [7, 11) is 0. The summed E-state index contributed by atoms with van der Waals surface area (Å²) >= 11 is 1.05. The van der Waals surface area contributed by atoms with Crippen LogP contribution in [0.15, 0.2) is 53.7 Å². The molecule has 0 aliphatic carbocycles. The number of anilines is 1. The van der Waals surface area contributed by atoms with E-state index < -0.39 is 11.7 Å². The molecule has 10 heteroatoms. The third-order valence-corrected chi connectivity index (χ3v) is 4.49. The van der Waals surface area contributed by atoms with Crippen molar-refractivity contribution in [3.05, 3.63) is 59.9 Å². The Bertz CT molecular complexity index is 1010. The minimum atomic E-state index is -0.639. The Hall–Kier alpha value is -3.40. The Morgan fingerprint density at radius 3 is 2.67 bits per heavy atom. The van der Waals surface area contributed by atoms with Crippen molar-refractivity contribution in [2.45, 2.75) is 5.16 Å². The van der Waals surface area contributed by atoms with E-state index in [9.17, 15) is 14.0 Å². The molecule has 8 nitrogen and oxygen atoms in total. The first-order valence-corrected chi connectivity index (χ1v) is 8.72. The van der Waals surface area contributed by atoms with Crippen molar-refractivity contribution in [1.29, 1.82) is 0 Å². The maximum atomic E-state index is 13.4. The van der Waals surface area contributed by atoms with Gasteiger partial charge in [0.2, 0.25) is 11.1 Å². The average molecular weight is 386 g/mol. The van der Waals surface area contributed by atoms with Gasteiger partial charge in [-0.2, -0.15) is 0 Å². The van der Waals surface area contributed by atoms with Gasteiger partial charge in [0.25, 0.3) is 5.91 Å². The molecule has 0 aliphatic heterocycles. The molecule has 0 bridgehead atoms. The SMILES string of the molecule is NC(=O)c1ccccc1NC(=O)CSc1nnc(-c2cccc(F)c2)n1N. The lowest BCUT2D eigenvalue weighted by Gasteiger charge is -2.08. The fourth-order valence-electron chi connectivity index (χ4n) is 2.32. The number of benzene rings is 2. The van der Waals surface area contributed by atoms with Crippen molar-refractivity contribution in [2.24, 2.45) is 5.73 Å². The molecule has 1 heterocycles. The van der Waals surface area contributed by atoms with Gasteiger partial charge in [-0.1, -0.05) is 36.0 Å². The first-order valence-electron chi connectivity index (χ1n) is 7.73. The molecule has 1 aromatic heterocycles. The summed E-state index contributed by atoms with van der Waals surface area (Å²) in [5.41, 5.74) is 6.29. The summed E-state index contributed by atoms with van der Waals surface area (Å²) < 4.78 is 14.5. The third-order valence-electron chi connectivity index (χ3n) is 3.55. The van der Waals surface area contributed by atoms with E-state index >= 15 is 0 Å². The molecule has 2 aromatic carbocycles. The lowest BCUT2D eigenvalue weighted by atomic mass is 10.1. The molecule has 0 atom stereocenters. The van der Waals surface area contributed by atoms with E-state index in [1.807, 2.05) is 0 Å². The van der Waals surface area contributed by atoms with Gasteiger partial charge >= 0.3 is 0 Å². The number of primary amides is 1. The number of nitrogens with zero attached hydrogens (tertiary/aromatic N) is 3. The van der Waals surface area contributed by atoms with E-state index in [1.54, 1.807) is 24.3 Å². The van der Waals surface area contributed by atoms with Crippen LogP contribution in [0.2, 0.25) is 0 Å². The van der Waals surface area contributed by atoms with Crippen LogP contribution in [0, 0.1) is 5.82 Å². The maximum Gasteiger partial charge on any atom is 0.250 e. The van der Waals surface area contributed by atoms with Gasteiger partial charge in [-0.25, -0.2) is 9.07 Å². The number of nitrogens with one attached hydrogen (secondary N) is 1. The van der Waals surface area contributed by atoms with E-state index in [0.29, 0.717) is 11.3 Å². The molecule has 138 valence electrons. The number of nitrogens with two attached hydrogens (primary N) is 2. The number of para-hydroxylation sites is 1. The second-order valence-corrected chi connectivity index (χ2v) is 6.38. The van der Waals surface area contributed by atoms with E-state index in [0.717, 1.165) is 11.8 Å². The van der Waals surface area contributed by atoms with Crippen LogP contribution >= 0.6 is 11.8 Å². The van der Waals surface area contributed by atoms with Gasteiger partial charge in [-0.05, 0) is 24.3 Å². The molecule has 0 unspecified atom stereocenters. The molecule has 0 saturated heterocycles. The lowest BCUT2D eigenvalue weighted by molar-refractivity contribution is -0.113. The number of hydrogen-bond acceptors (Lipinski definition) is 6. The molecule has 27 heavy (non-hydrogen) atoms. The van der Waals surface area contributed by atoms with Crippen LogP contribution in [0.5, 0.6) is 0 Å². The molecule has 0 radical (unpaired) electrons. The largest absolute Gasteiger partial charge is 0.366 e. The van der Waals surface area contributed by atoms with Crippen LogP contribution in [-0.2, 0) is 4.79 Å². The number of thioether (sulfide) groups is 1. The van der Waals surface area contributed by atoms with Crippen LogP contribution in [0.25, 0.3) is 11.4 Å². The average Bonchev–Trinajstić information content (AvgIpc) is 3.01.